The van der Waals surface area contributed by atoms with Gasteiger partial charge in [-0.1, -0.05) is 0 Å². The second-order valence-electron chi connectivity index (χ2n) is 4.03. The third-order valence-corrected chi connectivity index (χ3v) is 2.64. The lowest BCUT2D eigenvalue weighted by Crippen LogP contribution is -2.58. The maximum absolute atomic E-state index is 10.7. The molecule has 6 nitrogen and oxygen atoms in total. The van der Waals surface area contributed by atoms with Crippen LogP contribution in [0.25, 0.3) is 0 Å². The van der Waals surface area contributed by atoms with E-state index in [1.165, 1.54) is 13.8 Å². The first kappa shape index (κ1) is 13.9. The SMILES string of the molecule is CC(=O)OCCN(CCOC(C)=O)C1CNC1. The quantitative estimate of drug-likeness (QED) is 0.602. The van der Waals surface area contributed by atoms with Crippen molar-refractivity contribution in [1.82, 2.24) is 10.2 Å². The molecular formula is C11H20N2O4. The number of rotatable bonds is 7. The average Bonchev–Trinajstić information content (AvgIpc) is 2.13. The van der Waals surface area contributed by atoms with E-state index in [2.05, 4.69) is 10.2 Å². The summed E-state index contributed by atoms with van der Waals surface area (Å²) < 4.78 is 9.82. The summed E-state index contributed by atoms with van der Waals surface area (Å²) >= 11 is 0. The molecule has 1 aliphatic heterocycles. The molecule has 1 rings (SSSR count). The van der Waals surface area contributed by atoms with Crippen molar-refractivity contribution in [3.05, 3.63) is 0 Å². The van der Waals surface area contributed by atoms with Gasteiger partial charge in [-0.05, 0) is 0 Å². The number of nitrogens with one attached hydrogen (secondary N) is 1. The average molecular weight is 244 g/mol. The molecule has 1 aliphatic rings. The topological polar surface area (TPSA) is 67.9 Å². The van der Waals surface area contributed by atoms with Gasteiger partial charge in [-0.25, -0.2) is 0 Å². The zero-order valence-electron chi connectivity index (χ0n) is 10.4. The van der Waals surface area contributed by atoms with Crippen LogP contribution in [0.4, 0.5) is 0 Å². The molecule has 0 aromatic carbocycles. The van der Waals surface area contributed by atoms with Gasteiger partial charge in [0.2, 0.25) is 0 Å². The van der Waals surface area contributed by atoms with Gasteiger partial charge in [-0.2, -0.15) is 0 Å². The Kier molecular flexibility index (Phi) is 5.93. The van der Waals surface area contributed by atoms with Crippen molar-refractivity contribution in [3.8, 4) is 0 Å². The smallest absolute Gasteiger partial charge is 0.302 e. The van der Waals surface area contributed by atoms with Crippen LogP contribution in [-0.2, 0) is 19.1 Å². The van der Waals surface area contributed by atoms with Gasteiger partial charge in [0.1, 0.15) is 13.2 Å². The Balaban J connectivity index is 2.22. The lowest BCUT2D eigenvalue weighted by atomic mass is 10.1. The van der Waals surface area contributed by atoms with E-state index in [9.17, 15) is 9.59 Å². The Morgan fingerprint density at radius 1 is 1.12 bits per heavy atom. The van der Waals surface area contributed by atoms with Crippen molar-refractivity contribution >= 4 is 11.9 Å². The Bertz CT molecular complexity index is 246. The van der Waals surface area contributed by atoms with Gasteiger partial charge in [-0.3, -0.25) is 14.5 Å². The van der Waals surface area contributed by atoms with Gasteiger partial charge in [0, 0.05) is 46.1 Å². The molecule has 98 valence electrons. The lowest BCUT2D eigenvalue weighted by Gasteiger charge is -2.37. The van der Waals surface area contributed by atoms with E-state index in [0.29, 0.717) is 32.3 Å². The molecule has 1 saturated heterocycles. The number of esters is 2. The van der Waals surface area contributed by atoms with Crippen LogP contribution in [-0.4, -0.2) is 62.3 Å². The molecule has 0 aromatic rings. The standard InChI is InChI=1S/C11H20N2O4/c1-9(14)16-5-3-13(11-7-12-8-11)4-6-17-10(2)15/h11-12H,3-8H2,1-2H3. The lowest BCUT2D eigenvalue weighted by molar-refractivity contribution is -0.142. The summed E-state index contributed by atoms with van der Waals surface area (Å²) in [5.74, 6) is -0.534. The predicted octanol–water partition coefficient (Wildman–Crippen LogP) is -0.614. The number of hydrogen-bond acceptors (Lipinski definition) is 6. The molecule has 0 unspecified atom stereocenters. The Labute approximate surface area is 101 Å². The number of ether oxygens (including phenoxy) is 2. The molecule has 0 atom stereocenters. The van der Waals surface area contributed by atoms with E-state index < -0.39 is 0 Å². The highest BCUT2D eigenvalue weighted by Crippen LogP contribution is 2.04. The highest BCUT2D eigenvalue weighted by Gasteiger charge is 2.24. The van der Waals surface area contributed by atoms with Gasteiger partial charge >= 0.3 is 11.9 Å². The van der Waals surface area contributed by atoms with Crippen LogP contribution in [0.2, 0.25) is 0 Å². The van der Waals surface area contributed by atoms with Crippen molar-refractivity contribution in [1.29, 1.82) is 0 Å². The zero-order chi connectivity index (χ0) is 12.7. The maximum Gasteiger partial charge on any atom is 0.302 e. The molecule has 0 spiro atoms. The number of carbonyl (C=O) groups is 2. The van der Waals surface area contributed by atoms with Crippen molar-refractivity contribution in [2.75, 3.05) is 39.4 Å². The van der Waals surface area contributed by atoms with Crippen molar-refractivity contribution in [2.45, 2.75) is 19.9 Å². The minimum Gasteiger partial charge on any atom is -0.465 e. The maximum atomic E-state index is 10.7. The summed E-state index contributed by atoms with van der Waals surface area (Å²) in [6.45, 7) is 6.76. The molecule has 1 N–H and O–H groups in total. The Hall–Kier alpha value is -1.14. The highest BCUT2D eigenvalue weighted by atomic mass is 16.5. The highest BCUT2D eigenvalue weighted by molar-refractivity contribution is 5.66. The van der Waals surface area contributed by atoms with Crippen LogP contribution in [0.5, 0.6) is 0 Å². The molecular weight excluding hydrogens is 224 g/mol. The van der Waals surface area contributed by atoms with E-state index in [-0.39, 0.29) is 11.9 Å². The molecule has 0 saturated carbocycles. The summed E-state index contributed by atoms with van der Waals surface area (Å²) in [5, 5.41) is 3.18. The van der Waals surface area contributed by atoms with E-state index >= 15 is 0 Å². The molecule has 0 amide bonds. The molecule has 0 bridgehead atoms. The fraction of sp³-hybridized carbons (Fsp3) is 0.818. The number of nitrogens with zero attached hydrogens (tertiary/aromatic N) is 1. The van der Waals surface area contributed by atoms with E-state index in [4.69, 9.17) is 9.47 Å². The fourth-order valence-corrected chi connectivity index (χ4v) is 1.62. The number of carbonyl (C=O) groups excluding carboxylic acids is 2. The van der Waals surface area contributed by atoms with Crippen molar-refractivity contribution < 1.29 is 19.1 Å². The monoisotopic (exact) mass is 244 g/mol. The van der Waals surface area contributed by atoms with E-state index in [1.54, 1.807) is 0 Å². The largest absolute Gasteiger partial charge is 0.465 e. The molecule has 0 radical (unpaired) electrons. The third kappa shape index (κ3) is 5.65. The van der Waals surface area contributed by atoms with Gasteiger partial charge < -0.3 is 14.8 Å². The van der Waals surface area contributed by atoms with Crippen LogP contribution < -0.4 is 5.32 Å². The van der Waals surface area contributed by atoms with Crippen LogP contribution >= 0.6 is 0 Å². The van der Waals surface area contributed by atoms with Crippen molar-refractivity contribution in [2.24, 2.45) is 0 Å². The van der Waals surface area contributed by atoms with E-state index in [0.717, 1.165) is 13.1 Å². The molecule has 0 aromatic heterocycles. The summed E-state index contributed by atoms with van der Waals surface area (Å²) in [5.41, 5.74) is 0. The van der Waals surface area contributed by atoms with Gasteiger partial charge in [0.15, 0.2) is 0 Å². The van der Waals surface area contributed by atoms with Crippen LogP contribution in [0.1, 0.15) is 13.8 Å². The van der Waals surface area contributed by atoms with Crippen LogP contribution in [0.3, 0.4) is 0 Å². The van der Waals surface area contributed by atoms with E-state index in [1.807, 2.05) is 0 Å². The second-order valence-corrected chi connectivity index (χ2v) is 4.03. The summed E-state index contributed by atoms with van der Waals surface area (Å²) in [7, 11) is 0. The summed E-state index contributed by atoms with van der Waals surface area (Å²) in [4.78, 5) is 23.5. The number of hydrogen-bond donors (Lipinski definition) is 1. The first-order chi connectivity index (χ1) is 8.09. The molecule has 0 aliphatic carbocycles. The molecule has 1 fully saturated rings. The van der Waals surface area contributed by atoms with Crippen molar-refractivity contribution in [3.63, 3.8) is 0 Å². The van der Waals surface area contributed by atoms with Gasteiger partial charge in [-0.15, -0.1) is 0 Å². The first-order valence-electron chi connectivity index (χ1n) is 5.81. The molecule has 17 heavy (non-hydrogen) atoms. The Morgan fingerprint density at radius 3 is 1.88 bits per heavy atom. The second kappa shape index (κ2) is 7.24. The Morgan fingerprint density at radius 2 is 1.59 bits per heavy atom. The first-order valence-corrected chi connectivity index (χ1v) is 5.81. The van der Waals surface area contributed by atoms with Crippen LogP contribution in [0.15, 0.2) is 0 Å². The normalized spacial score (nSPS) is 15.5. The summed E-state index contributed by atoms with van der Waals surface area (Å²) in [6, 6.07) is 0.445. The van der Waals surface area contributed by atoms with Gasteiger partial charge in [0.05, 0.1) is 0 Å². The minimum atomic E-state index is -0.267. The molecule has 6 heteroatoms. The van der Waals surface area contributed by atoms with Gasteiger partial charge in [0.25, 0.3) is 0 Å². The summed E-state index contributed by atoms with van der Waals surface area (Å²) in [6.07, 6.45) is 0. The molecule has 1 heterocycles. The third-order valence-electron chi connectivity index (χ3n) is 2.64. The zero-order valence-corrected chi connectivity index (χ0v) is 10.4. The van der Waals surface area contributed by atoms with Crippen LogP contribution in [0, 0.1) is 0 Å². The minimum absolute atomic E-state index is 0.267. The predicted molar refractivity (Wildman–Crippen MR) is 61.5 cm³/mol. The fourth-order valence-electron chi connectivity index (χ4n) is 1.62.